The van der Waals surface area contributed by atoms with Gasteiger partial charge >= 0.3 is 0 Å². The third-order valence-electron chi connectivity index (χ3n) is 3.79. The molecule has 1 amide bonds. The Kier molecular flexibility index (Phi) is 5.46. The first-order valence-electron chi connectivity index (χ1n) is 7.97. The van der Waals surface area contributed by atoms with Crippen molar-refractivity contribution in [3.8, 4) is 0 Å². The van der Waals surface area contributed by atoms with Crippen LogP contribution < -0.4 is 10.6 Å². The minimum Gasteiger partial charge on any atom is -0.354 e. The van der Waals surface area contributed by atoms with Crippen LogP contribution in [0, 0.1) is 0 Å². The number of pyridine rings is 1. The zero-order valence-corrected chi connectivity index (χ0v) is 15.3. The highest BCUT2D eigenvalue weighted by molar-refractivity contribution is 9.10. The molecule has 1 heterocycles. The van der Waals surface area contributed by atoms with Gasteiger partial charge in [-0.15, -0.1) is 0 Å². The normalized spacial score (nSPS) is 11.6. The summed E-state index contributed by atoms with van der Waals surface area (Å²) in [4.78, 5) is 16.7. The summed E-state index contributed by atoms with van der Waals surface area (Å²) < 4.78 is 0.954. The lowest BCUT2D eigenvalue weighted by Crippen LogP contribution is -2.27. The number of halogens is 1. The molecule has 126 valence electrons. The predicted molar refractivity (Wildman–Crippen MR) is 104 cm³/mol. The number of para-hydroxylation sites is 1. The number of benzene rings is 2. The molecule has 1 atom stereocenters. The lowest BCUT2D eigenvalue weighted by Gasteiger charge is -2.14. The monoisotopic (exact) mass is 395 g/mol. The van der Waals surface area contributed by atoms with Crippen molar-refractivity contribution >= 4 is 33.2 Å². The Hall–Kier alpha value is -2.66. The van der Waals surface area contributed by atoms with E-state index in [0.717, 1.165) is 21.4 Å². The van der Waals surface area contributed by atoms with Crippen molar-refractivity contribution in [3.63, 3.8) is 0 Å². The summed E-state index contributed by atoms with van der Waals surface area (Å²) in [5.41, 5.74) is 3.16. The zero-order valence-electron chi connectivity index (χ0n) is 13.7. The number of nitrogens with one attached hydrogen (secondary N) is 2. The first-order chi connectivity index (χ1) is 12.1. The molecule has 2 N–H and O–H groups in total. The molecule has 0 spiro atoms. The Bertz CT molecular complexity index is 868. The first kappa shape index (κ1) is 17.2. The molecule has 0 saturated heterocycles. The van der Waals surface area contributed by atoms with E-state index in [4.69, 9.17) is 0 Å². The van der Waals surface area contributed by atoms with Crippen LogP contribution >= 0.6 is 15.9 Å². The van der Waals surface area contributed by atoms with E-state index in [0.29, 0.717) is 5.69 Å². The summed E-state index contributed by atoms with van der Waals surface area (Å²) in [5.74, 6) is -0.202. The van der Waals surface area contributed by atoms with E-state index in [1.165, 1.54) is 0 Å². The quantitative estimate of drug-likeness (QED) is 0.633. The number of carbonyl (C=O) groups excluding carboxylic acids is 1. The number of amides is 1. The van der Waals surface area contributed by atoms with Crippen LogP contribution in [0.25, 0.3) is 0 Å². The Labute approximate surface area is 155 Å². The molecule has 2 aromatic carbocycles. The summed E-state index contributed by atoms with van der Waals surface area (Å²) in [5, 5.41) is 6.26. The van der Waals surface area contributed by atoms with Crippen LogP contribution in [0.15, 0.2) is 77.4 Å². The average Bonchev–Trinajstić information content (AvgIpc) is 2.64. The number of aromatic nitrogens is 1. The molecule has 1 unspecified atom stereocenters. The van der Waals surface area contributed by atoms with Gasteiger partial charge in [0.2, 0.25) is 0 Å². The van der Waals surface area contributed by atoms with Crippen LogP contribution in [-0.2, 0) is 0 Å². The van der Waals surface area contributed by atoms with Gasteiger partial charge in [-0.25, -0.2) is 0 Å². The van der Waals surface area contributed by atoms with Crippen LogP contribution in [-0.4, -0.2) is 10.9 Å². The molecular weight excluding hydrogens is 378 g/mol. The van der Waals surface area contributed by atoms with Crippen molar-refractivity contribution in [2.45, 2.75) is 13.0 Å². The lowest BCUT2D eigenvalue weighted by atomic mass is 10.1. The molecule has 25 heavy (non-hydrogen) atoms. The van der Waals surface area contributed by atoms with E-state index < -0.39 is 0 Å². The Morgan fingerprint density at radius 2 is 1.76 bits per heavy atom. The standard InChI is InChI=1S/C20H18BrN3O/c1-14(15-7-3-2-4-8-15)23-20(25)19-13-16(11-12-22-19)24-18-10-6-5-9-17(18)21/h2-14H,1H3,(H,22,24)(H,23,25). The highest BCUT2D eigenvalue weighted by Gasteiger charge is 2.13. The Morgan fingerprint density at radius 3 is 2.52 bits per heavy atom. The van der Waals surface area contributed by atoms with Gasteiger partial charge in [-0.3, -0.25) is 9.78 Å². The molecule has 0 bridgehead atoms. The van der Waals surface area contributed by atoms with Gasteiger partial charge in [0.1, 0.15) is 5.69 Å². The second-order valence-electron chi connectivity index (χ2n) is 5.64. The minimum absolute atomic E-state index is 0.0876. The van der Waals surface area contributed by atoms with Crippen molar-refractivity contribution in [2.24, 2.45) is 0 Å². The van der Waals surface area contributed by atoms with E-state index in [-0.39, 0.29) is 11.9 Å². The van der Waals surface area contributed by atoms with Gasteiger partial charge < -0.3 is 10.6 Å². The van der Waals surface area contributed by atoms with Gasteiger partial charge in [-0.05, 0) is 52.7 Å². The van der Waals surface area contributed by atoms with Crippen LogP contribution in [0.4, 0.5) is 11.4 Å². The van der Waals surface area contributed by atoms with Crippen LogP contribution in [0.2, 0.25) is 0 Å². The lowest BCUT2D eigenvalue weighted by molar-refractivity contribution is 0.0935. The van der Waals surface area contributed by atoms with E-state index in [2.05, 4.69) is 31.5 Å². The SMILES string of the molecule is CC(NC(=O)c1cc(Nc2ccccc2Br)ccn1)c1ccccc1. The van der Waals surface area contributed by atoms with E-state index in [1.807, 2.05) is 67.6 Å². The van der Waals surface area contributed by atoms with Crippen molar-refractivity contribution in [1.29, 1.82) is 0 Å². The highest BCUT2D eigenvalue weighted by Crippen LogP contribution is 2.25. The zero-order chi connectivity index (χ0) is 17.6. The molecular formula is C20H18BrN3O. The van der Waals surface area contributed by atoms with E-state index >= 15 is 0 Å². The van der Waals surface area contributed by atoms with Gasteiger partial charge in [-0.2, -0.15) is 0 Å². The summed E-state index contributed by atoms with van der Waals surface area (Å²) in [6.45, 7) is 1.95. The number of rotatable bonds is 5. The van der Waals surface area contributed by atoms with E-state index in [9.17, 15) is 4.79 Å². The molecule has 0 aliphatic heterocycles. The maximum Gasteiger partial charge on any atom is 0.270 e. The number of hydrogen-bond donors (Lipinski definition) is 2. The van der Waals surface area contributed by atoms with Crippen molar-refractivity contribution < 1.29 is 4.79 Å². The van der Waals surface area contributed by atoms with Gasteiger partial charge in [0, 0.05) is 16.4 Å². The molecule has 0 aliphatic carbocycles. The molecule has 0 fully saturated rings. The van der Waals surface area contributed by atoms with Gasteiger partial charge in [0.05, 0.1) is 11.7 Å². The topological polar surface area (TPSA) is 54.0 Å². The molecule has 0 saturated carbocycles. The molecule has 5 heteroatoms. The third kappa shape index (κ3) is 4.45. The summed E-state index contributed by atoms with van der Waals surface area (Å²) >= 11 is 3.50. The van der Waals surface area contributed by atoms with Crippen LogP contribution in [0.1, 0.15) is 29.0 Å². The molecule has 3 aromatic rings. The molecule has 4 nitrogen and oxygen atoms in total. The van der Waals surface area contributed by atoms with Crippen molar-refractivity contribution in [2.75, 3.05) is 5.32 Å². The maximum atomic E-state index is 12.5. The summed E-state index contributed by atoms with van der Waals surface area (Å²) in [7, 11) is 0. The summed E-state index contributed by atoms with van der Waals surface area (Å²) in [6, 6.07) is 21.1. The first-order valence-corrected chi connectivity index (χ1v) is 8.76. The number of anilines is 2. The van der Waals surface area contributed by atoms with Gasteiger partial charge in [0.15, 0.2) is 0 Å². The van der Waals surface area contributed by atoms with E-state index in [1.54, 1.807) is 12.3 Å². The molecule has 0 aliphatic rings. The van der Waals surface area contributed by atoms with Crippen LogP contribution in [0.5, 0.6) is 0 Å². The second kappa shape index (κ2) is 7.94. The Balaban J connectivity index is 1.72. The smallest absolute Gasteiger partial charge is 0.270 e. The minimum atomic E-state index is -0.202. The Morgan fingerprint density at radius 1 is 1.04 bits per heavy atom. The molecule has 3 rings (SSSR count). The van der Waals surface area contributed by atoms with Crippen LogP contribution in [0.3, 0.4) is 0 Å². The summed E-state index contributed by atoms with van der Waals surface area (Å²) in [6.07, 6.45) is 1.63. The largest absolute Gasteiger partial charge is 0.354 e. The maximum absolute atomic E-state index is 12.5. The molecule has 1 aromatic heterocycles. The fraction of sp³-hybridized carbons (Fsp3) is 0.100. The van der Waals surface area contributed by atoms with Crippen molar-refractivity contribution in [1.82, 2.24) is 10.3 Å². The fourth-order valence-corrected chi connectivity index (χ4v) is 2.83. The third-order valence-corrected chi connectivity index (χ3v) is 4.48. The second-order valence-corrected chi connectivity index (χ2v) is 6.49. The van der Waals surface area contributed by atoms with Gasteiger partial charge in [-0.1, -0.05) is 42.5 Å². The van der Waals surface area contributed by atoms with Crippen molar-refractivity contribution in [3.05, 3.63) is 88.7 Å². The number of hydrogen-bond acceptors (Lipinski definition) is 3. The fourth-order valence-electron chi connectivity index (χ4n) is 2.45. The average molecular weight is 396 g/mol. The van der Waals surface area contributed by atoms with Gasteiger partial charge in [0.25, 0.3) is 5.91 Å². The molecule has 0 radical (unpaired) electrons. The highest BCUT2D eigenvalue weighted by atomic mass is 79.9. The number of nitrogens with zero attached hydrogens (tertiary/aromatic N) is 1. The number of carbonyl (C=O) groups is 1. The predicted octanol–water partition coefficient (Wildman–Crippen LogP) is 5.08.